The molecule has 0 fully saturated rings. The highest BCUT2D eigenvalue weighted by Crippen LogP contribution is 2.18. The molecule has 0 saturated carbocycles. The smallest absolute Gasteiger partial charge is 0.192 e. The zero-order valence-electron chi connectivity index (χ0n) is 10.3. The van der Waals surface area contributed by atoms with Crippen molar-refractivity contribution in [3.8, 4) is 5.75 Å². The van der Waals surface area contributed by atoms with Gasteiger partial charge < -0.3 is 9.47 Å². The van der Waals surface area contributed by atoms with Crippen LogP contribution < -0.4 is 4.74 Å². The minimum absolute atomic E-state index is 0.0569. The van der Waals surface area contributed by atoms with Crippen molar-refractivity contribution in [2.75, 3.05) is 19.8 Å². The van der Waals surface area contributed by atoms with Gasteiger partial charge in [0.25, 0.3) is 0 Å². The van der Waals surface area contributed by atoms with Gasteiger partial charge in [0.05, 0.1) is 18.8 Å². The molecule has 0 saturated heterocycles. The predicted octanol–water partition coefficient (Wildman–Crippen LogP) is 2.86. The first-order valence-corrected chi connectivity index (χ1v) is 5.73. The molecule has 1 rings (SSSR count). The number of carbonyl (C=O) groups is 1. The monoisotopic (exact) mass is 234 g/mol. The number of para-hydroxylation sites is 1. The van der Waals surface area contributed by atoms with Gasteiger partial charge in [0, 0.05) is 0 Å². The molecule has 1 aromatic rings. The first kappa shape index (κ1) is 13.5. The maximum absolute atomic E-state index is 11.9. The van der Waals surface area contributed by atoms with Gasteiger partial charge in [-0.05, 0) is 26.0 Å². The van der Waals surface area contributed by atoms with Gasteiger partial charge in [-0.1, -0.05) is 24.3 Å². The van der Waals surface area contributed by atoms with Crippen LogP contribution in [0.1, 0.15) is 24.2 Å². The summed E-state index contributed by atoms with van der Waals surface area (Å²) in [4.78, 5) is 11.9. The molecule has 0 aliphatic carbocycles. The van der Waals surface area contributed by atoms with Crippen molar-refractivity contribution >= 4 is 5.78 Å². The average Bonchev–Trinajstić information content (AvgIpc) is 2.35. The van der Waals surface area contributed by atoms with Crippen LogP contribution in [0.4, 0.5) is 0 Å². The normalized spacial score (nSPS) is 10.7. The molecule has 0 aliphatic rings. The van der Waals surface area contributed by atoms with Crippen LogP contribution in [0.5, 0.6) is 5.75 Å². The number of hydrogen-bond donors (Lipinski definition) is 0. The van der Waals surface area contributed by atoms with Crippen LogP contribution in [0, 0.1) is 0 Å². The van der Waals surface area contributed by atoms with Crippen molar-refractivity contribution in [3.63, 3.8) is 0 Å². The second kappa shape index (κ2) is 7.63. The van der Waals surface area contributed by atoms with Gasteiger partial charge in [0.2, 0.25) is 0 Å². The molecule has 0 spiro atoms. The number of Topliss-reactive ketones (excluding diaryl/α,β-unsaturated/α-hetero) is 1. The highest BCUT2D eigenvalue weighted by Gasteiger charge is 2.11. The van der Waals surface area contributed by atoms with Gasteiger partial charge in [-0.2, -0.15) is 0 Å². The zero-order valence-corrected chi connectivity index (χ0v) is 10.3. The Hall–Kier alpha value is -1.61. The molecule has 0 heterocycles. The molecule has 0 N–H and O–H groups in total. The Labute approximate surface area is 102 Å². The van der Waals surface area contributed by atoms with Crippen LogP contribution in [-0.2, 0) is 4.74 Å². The Morgan fingerprint density at radius 2 is 2.12 bits per heavy atom. The SMILES string of the molecule is C/C=C/COCC(=O)c1ccccc1OCC. The van der Waals surface area contributed by atoms with Gasteiger partial charge in [0.1, 0.15) is 12.4 Å². The first-order chi connectivity index (χ1) is 8.29. The van der Waals surface area contributed by atoms with E-state index in [0.29, 0.717) is 24.5 Å². The summed E-state index contributed by atoms with van der Waals surface area (Å²) < 4.78 is 10.6. The van der Waals surface area contributed by atoms with E-state index in [0.717, 1.165) is 0 Å². The van der Waals surface area contributed by atoms with Crippen LogP contribution in [-0.4, -0.2) is 25.6 Å². The molecule has 17 heavy (non-hydrogen) atoms. The molecule has 0 aliphatic heterocycles. The van der Waals surface area contributed by atoms with Gasteiger partial charge in [-0.25, -0.2) is 0 Å². The lowest BCUT2D eigenvalue weighted by Gasteiger charge is -2.08. The second-order valence-electron chi connectivity index (χ2n) is 3.44. The lowest BCUT2D eigenvalue weighted by atomic mass is 10.1. The summed E-state index contributed by atoms with van der Waals surface area (Å²) >= 11 is 0. The second-order valence-corrected chi connectivity index (χ2v) is 3.44. The number of rotatable bonds is 7. The third-order valence-corrected chi connectivity index (χ3v) is 2.17. The zero-order chi connectivity index (χ0) is 12.5. The van der Waals surface area contributed by atoms with Crippen molar-refractivity contribution < 1.29 is 14.3 Å². The number of benzene rings is 1. The summed E-state index contributed by atoms with van der Waals surface area (Å²) in [5.74, 6) is 0.563. The molecule has 0 bridgehead atoms. The Morgan fingerprint density at radius 3 is 2.82 bits per heavy atom. The summed E-state index contributed by atoms with van der Waals surface area (Å²) in [6, 6.07) is 7.22. The van der Waals surface area contributed by atoms with E-state index in [4.69, 9.17) is 9.47 Å². The predicted molar refractivity (Wildman–Crippen MR) is 67.6 cm³/mol. The molecule has 0 unspecified atom stereocenters. The number of allylic oxidation sites excluding steroid dienone is 1. The molecule has 1 aromatic carbocycles. The first-order valence-electron chi connectivity index (χ1n) is 5.73. The Morgan fingerprint density at radius 1 is 1.35 bits per heavy atom. The van der Waals surface area contributed by atoms with E-state index in [1.54, 1.807) is 12.1 Å². The van der Waals surface area contributed by atoms with E-state index in [1.807, 2.05) is 38.1 Å². The minimum Gasteiger partial charge on any atom is -0.493 e. The lowest BCUT2D eigenvalue weighted by molar-refractivity contribution is 0.0802. The lowest BCUT2D eigenvalue weighted by Crippen LogP contribution is -2.11. The maximum Gasteiger partial charge on any atom is 0.192 e. The van der Waals surface area contributed by atoms with Crippen LogP contribution in [0.15, 0.2) is 36.4 Å². The van der Waals surface area contributed by atoms with E-state index in [9.17, 15) is 4.79 Å². The van der Waals surface area contributed by atoms with Crippen molar-refractivity contribution in [2.24, 2.45) is 0 Å². The molecule has 3 heteroatoms. The standard InChI is InChI=1S/C14H18O3/c1-3-5-10-16-11-13(15)12-8-6-7-9-14(12)17-4-2/h3,5-9H,4,10-11H2,1-2H3/b5-3+. The van der Waals surface area contributed by atoms with E-state index < -0.39 is 0 Å². The Bertz CT molecular complexity index is 383. The van der Waals surface area contributed by atoms with Crippen molar-refractivity contribution in [1.29, 1.82) is 0 Å². The van der Waals surface area contributed by atoms with Gasteiger partial charge in [0.15, 0.2) is 5.78 Å². The van der Waals surface area contributed by atoms with Crippen molar-refractivity contribution in [1.82, 2.24) is 0 Å². The molecule has 3 nitrogen and oxygen atoms in total. The highest BCUT2D eigenvalue weighted by molar-refractivity contribution is 5.99. The van der Waals surface area contributed by atoms with E-state index in [-0.39, 0.29) is 12.4 Å². The number of ketones is 1. The summed E-state index contributed by atoms with van der Waals surface area (Å²) in [6.45, 7) is 4.89. The molecular formula is C14H18O3. The average molecular weight is 234 g/mol. The van der Waals surface area contributed by atoms with Crippen LogP contribution in [0.2, 0.25) is 0 Å². The largest absolute Gasteiger partial charge is 0.493 e. The molecule has 0 atom stereocenters. The van der Waals surface area contributed by atoms with E-state index in [1.165, 1.54) is 0 Å². The van der Waals surface area contributed by atoms with Crippen LogP contribution in [0.25, 0.3) is 0 Å². The van der Waals surface area contributed by atoms with E-state index >= 15 is 0 Å². The Kier molecular flexibility index (Phi) is 6.04. The molecule has 0 amide bonds. The topological polar surface area (TPSA) is 35.5 Å². The number of ether oxygens (including phenoxy) is 2. The van der Waals surface area contributed by atoms with Gasteiger partial charge >= 0.3 is 0 Å². The third-order valence-electron chi connectivity index (χ3n) is 2.17. The molecular weight excluding hydrogens is 216 g/mol. The Balaban J connectivity index is 2.61. The number of carbonyl (C=O) groups excluding carboxylic acids is 1. The minimum atomic E-state index is -0.0569. The third kappa shape index (κ3) is 4.41. The van der Waals surface area contributed by atoms with Crippen molar-refractivity contribution in [3.05, 3.63) is 42.0 Å². The van der Waals surface area contributed by atoms with Crippen LogP contribution >= 0.6 is 0 Å². The summed E-state index contributed by atoms with van der Waals surface area (Å²) in [5, 5.41) is 0. The quantitative estimate of drug-likeness (QED) is 0.413. The fourth-order valence-electron chi connectivity index (χ4n) is 1.37. The van der Waals surface area contributed by atoms with E-state index in [2.05, 4.69) is 0 Å². The number of hydrogen-bond acceptors (Lipinski definition) is 3. The summed E-state index contributed by atoms with van der Waals surface area (Å²) in [7, 11) is 0. The van der Waals surface area contributed by atoms with Gasteiger partial charge in [-0.3, -0.25) is 4.79 Å². The molecule has 0 aromatic heterocycles. The molecule has 0 radical (unpaired) electrons. The highest BCUT2D eigenvalue weighted by atomic mass is 16.5. The molecule has 92 valence electrons. The summed E-state index contributed by atoms with van der Waals surface area (Å²) in [5.41, 5.74) is 0.579. The fourth-order valence-corrected chi connectivity index (χ4v) is 1.37. The fraction of sp³-hybridized carbons (Fsp3) is 0.357. The van der Waals surface area contributed by atoms with Crippen LogP contribution in [0.3, 0.4) is 0 Å². The van der Waals surface area contributed by atoms with Crippen molar-refractivity contribution in [2.45, 2.75) is 13.8 Å². The summed E-state index contributed by atoms with van der Waals surface area (Å²) in [6.07, 6.45) is 3.75. The maximum atomic E-state index is 11.9. The van der Waals surface area contributed by atoms with Gasteiger partial charge in [-0.15, -0.1) is 0 Å².